The molecule has 20 heavy (non-hydrogen) atoms. The van der Waals surface area contributed by atoms with E-state index in [4.69, 9.17) is 4.74 Å². The van der Waals surface area contributed by atoms with Crippen molar-refractivity contribution in [2.45, 2.75) is 38.6 Å². The molecule has 1 aromatic rings. The lowest BCUT2D eigenvalue weighted by molar-refractivity contribution is 0.0223. The second kappa shape index (κ2) is 6.98. The van der Waals surface area contributed by atoms with Gasteiger partial charge in [0.15, 0.2) is 5.13 Å². The number of aliphatic hydroxyl groups excluding tert-OH is 2. The summed E-state index contributed by atoms with van der Waals surface area (Å²) < 4.78 is 5.09. The van der Waals surface area contributed by atoms with E-state index in [1.165, 1.54) is 6.20 Å². The highest BCUT2D eigenvalue weighted by molar-refractivity contribution is 7.15. The van der Waals surface area contributed by atoms with Crippen LogP contribution in [0.2, 0.25) is 0 Å². The Morgan fingerprint density at radius 3 is 2.70 bits per heavy atom. The number of carbonyl (C=O) groups is 1. The van der Waals surface area contributed by atoms with Crippen molar-refractivity contribution in [3.63, 3.8) is 0 Å². The average Bonchev–Trinajstić information content (AvgIpc) is 2.74. The van der Waals surface area contributed by atoms with E-state index in [1.54, 1.807) is 27.8 Å². The summed E-state index contributed by atoms with van der Waals surface area (Å²) in [5, 5.41) is 25.1. The van der Waals surface area contributed by atoms with Crippen LogP contribution in [0.3, 0.4) is 0 Å². The molecule has 7 nitrogen and oxygen atoms in total. The van der Waals surface area contributed by atoms with Gasteiger partial charge in [0, 0.05) is 12.7 Å². The van der Waals surface area contributed by atoms with Gasteiger partial charge in [0.25, 0.3) is 0 Å². The lowest BCUT2D eigenvalue weighted by atomic mass is 10.2. The Hall–Kier alpha value is -1.22. The number of nitrogens with one attached hydrogen (secondary N) is 2. The van der Waals surface area contributed by atoms with Crippen molar-refractivity contribution < 1.29 is 19.7 Å². The quantitative estimate of drug-likeness (QED) is 0.649. The topological polar surface area (TPSA) is 104 Å². The molecule has 0 aliphatic heterocycles. The van der Waals surface area contributed by atoms with E-state index in [0.717, 1.165) is 11.3 Å². The van der Waals surface area contributed by atoms with Gasteiger partial charge in [0.2, 0.25) is 0 Å². The molecule has 0 saturated heterocycles. The fourth-order valence-corrected chi connectivity index (χ4v) is 2.23. The van der Waals surface area contributed by atoms with E-state index in [2.05, 4.69) is 15.6 Å². The maximum Gasteiger partial charge on any atom is 0.413 e. The number of carbonyl (C=O) groups excluding carboxylic acids is 1. The van der Waals surface area contributed by atoms with Crippen LogP contribution < -0.4 is 10.6 Å². The van der Waals surface area contributed by atoms with Crippen LogP contribution in [0.4, 0.5) is 9.93 Å². The fraction of sp³-hybridized carbons (Fsp3) is 0.667. The van der Waals surface area contributed by atoms with Gasteiger partial charge in [0.1, 0.15) is 11.7 Å². The molecule has 1 heterocycles. The second-order valence-corrected chi connectivity index (χ2v) is 6.33. The van der Waals surface area contributed by atoms with Crippen LogP contribution in [0.15, 0.2) is 6.20 Å². The molecule has 0 radical (unpaired) electrons. The van der Waals surface area contributed by atoms with Crippen molar-refractivity contribution in [2.75, 3.05) is 18.9 Å². The third-order valence-corrected chi connectivity index (χ3v) is 3.18. The van der Waals surface area contributed by atoms with Gasteiger partial charge >= 0.3 is 6.09 Å². The lowest BCUT2D eigenvalue weighted by Gasteiger charge is -2.19. The Morgan fingerprint density at radius 1 is 1.50 bits per heavy atom. The zero-order valence-corrected chi connectivity index (χ0v) is 12.8. The van der Waals surface area contributed by atoms with Crippen LogP contribution in [0.25, 0.3) is 0 Å². The Labute approximate surface area is 122 Å². The van der Waals surface area contributed by atoms with E-state index in [-0.39, 0.29) is 6.54 Å². The summed E-state index contributed by atoms with van der Waals surface area (Å²) in [4.78, 5) is 16.0. The number of aliphatic hydroxyl groups is 2. The third kappa shape index (κ3) is 5.41. The minimum atomic E-state index is -1.05. The molecule has 0 fully saturated rings. The summed E-state index contributed by atoms with van der Waals surface area (Å²) in [7, 11) is 1.68. The zero-order valence-electron chi connectivity index (χ0n) is 12.0. The van der Waals surface area contributed by atoms with Gasteiger partial charge < -0.3 is 20.3 Å². The molecule has 2 unspecified atom stereocenters. The minimum absolute atomic E-state index is 0.258. The number of likely N-dealkylation sites (N-methyl/N-ethyl adjacent to an activating group) is 1. The molecule has 8 heteroatoms. The molecule has 0 aromatic carbocycles. The van der Waals surface area contributed by atoms with Crippen LogP contribution in [0.1, 0.15) is 31.8 Å². The number of amides is 1. The van der Waals surface area contributed by atoms with Gasteiger partial charge in [-0.2, -0.15) is 0 Å². The molecule has 1 aromatic heterocycles. The monoisotopic (exact) mass is 303 g/mol. The number of hydrogen-bond acceptors (Lipinski definition) is 7. The number of anilines is 1. The lowest BCUT2D eigenvalue weighted by Crippen LogP contribution is -2.29. The molecule has 0 aliphatic carbocycles. The summed E-state index contributed by atoms with van der Waals surface area (Å²) in [5.41, 5.74) is -0.591. The van der Waals surface area contributed by atoms with Gasteiger partial charge in [-0.3, -0.25) is 5.32 Å². The Balaban J connectivity index is 2.61. The van der Waals surface area contributed by atoms with Gasteiger partial charge in [-0.05, 0) is 27.8 Å². The Bertz CT molecular complexity index is 444. The maximum absolute atomic E-state index is 11.6. The summed E-state index contributed by atoms with van der Waals surface area (Å²) in [6.45, 7) is 5.54. The number of hydrogen-bond donors (Lipinski definition) is 4. The highest BCUT2D eigenvalue weighted by Gasteiger charge is 2.22. The summed E-state index contributed by atoms with van der Waals surface area (Å²) in [6, 6.07) is 0. The average molecular weight is 303 g/mol. The molecule has 114 valence electrons. The van der Waals surface area contributed by atoms with Crippen LogP contribution in [-0.4, -0.2) is 46.6 Å². The molecule has 1 rings (SSSR count). The molecule has 2 atom stereocenters. The van der Waals surface area contributed by atoms with Crippen molar-refractivity contribution in [1.29, 1.82) is 0 Å². The third-order valence-electron chi connectivity index (χ3n) is 2.20. The molecule has 0 spiro atoms. The van der Waals surface area contributed by atoms with Crippen molar-refractivity contribution in [3.05, 3.63) is 11.1 Å². The first-order valence-electron chi connectivity index (χ1n) is 6.19. The molecule has 0 saturated carbocycles. The fourth-order valence-electron chi connectivity index (χ4n) is 1.38. The number of aromatic nitrogens is 1. The van der Waals surface area contributed by atoms with Crippen molar-refractivity contribution in [3.8, 4) is 0 Å². The zero-order chi connectivity index (χ0) is 15.3. The van der Waals surface area contributed by atoms with Crippen LogP contribution >= 0.6 is 11.3 Å². The van der Waals surface area contributed by atoms with Gasteiger partial charge in [0.05, 0.1) is 11.0 Å². The Morgan fingerprint density at radius 2 is 2.15 bits per heavy atom. The smallest absolute Gasteiger partial charge is 0.413 e. The second-order valence-electron chi connectivity index (χ2n) is 5.26. The SMILES string of the molecule is CNCC(O)C(O)c1cnc(NC(=O)OC(C)(C)C)s1. The first-order valence-corrected chi connectivity index (χ1v) is 7.01. The highest BCUT2D eigenvalue weighted by Crippen LogP contribution is 2.26. The maximum atomic E-state index is 11.6. The number of nitrogens with zero attached hydrogens (tertiary/aromatic N) is 1. The first kappa shape index (κ1) is 16.8. The summed E-state index contributed by atoms with van der Waals surface area (Å²) >= 11 is 1.09. The normalized spacial score (nSPS) is 14.7. The standard InChI is InChI=1S/C12H21N3O4S/c1-12(2,3)19-11(18)15-10-14-6-8(20-10)9(17)7(16)5-13-4/h6-7,9,13,16-17H,5H2,1-4H3,(H,14,15,18). The van der Waals surface area contributed by atoms with Crippen LogP contribution in [-0.2, 0) is 4.74 Å². The molecule has 1 amide bonds. The number of rotatable bonds is 5. The highest BCUT2D eigenvalue weighted by atomic mass is 32.1. The van der Waals surface area contributed by atoms with E-state index in [9.17, 15) is 15.0 Å². The van der Waals surface area contributed by atoms with Crippen molar-refractivity contribution in [2.24, 2.45) is 0 Å². The molecule has 0 aliphatic rings. The van der Waals surface area contributed by atoms with Crippen LogP contribution in [0.5, 0.6) is 0 Å². The van der Waals surface area contributed by atoms with Crippen molar-refractivity contribution >= 4 is 22.6 Å². The predicted molar refractivity (Wildman–Crippen MR) is 76.9 cm³/mol. The van der Waals surface area contributed by atoms with E-state index < -0.39 is 23.9 Å². The first-order chi connectivity index (χ1) is 9.23. The van der Waals surface area contributed by atoms with Gasteiger partial charge in [-0.25, -0.2) is 9.78 Å². The van der Waals surface area contributed by atoms with Gasteiger partial charge in [-0.15, -0.1) is 0 Å². The van der Waals surface area contributed by atoms with Gasteiger partial charge in [-0.1, -0.05) is 11.3 Å². The molecule has 4 N–H and O–H groups in total. The van der Waals surface area contributed by atoms with Crippen LogP contribution in [0, 0.1) is 0 Å². The molecular formula is C12H21N3O4S. The van der Waals surface area contributed by atoms with E-state index in [0.29, 0.717) is 10.0 Å². The largest absolute Gasteiger partial charge is 0.444 e. The Kier molecular flexibility index (Phi) is 5.88. The van der Waals surface area contributed by atoms with E-state index >= 15 is 0 Å². The van der Waals surface area contributed by atoms with Crippen molar-refractivity contribution in [1.82, 2.24) is 10.3 Å². The molecular weight excluding hydrogens is 282 g/mol. The molecule has 0 bridgehead atoms. The number of ether oxygens (including phenoxy) is 1. The minimum Gasteiger partial charge on any atom is -0.444 e. The van der Waals surface area contributed by atoms with E-state index in [1.807, 2.05) is 0 Å². The summed E-state index contributed by atoms with van der Waals surface area (Å²) in [6.07, 6.45) is -1.17. The summed E-state index contributed by atoms with van der Waals surface area (Å²) in [5.74, 6) is 0. The number of thiazole rings is 1. The predicted octanol–water partition coefficient (Wildman–Crippen LogP) is 1.10.